The first-order chi connectivity index (χ1) is 6.27. The molecule has 0 amide bonds. The summed E-state index contributed by atoms with van der Waals surface area (Å²) in [6.07, 6.45) is 1.42. The molecule has 1 N–H and O–H groups in total. The number of carboxylic acids is 1. The van der Waals surface area contributed by atoms with E-state index in [0.29, 0.717) is 4.88 Å². The van der Waals surface area contributed by atoms with Crippen LogP contribution >= 0.6 is 11.5 Å². The molecule has 0 fully saturated rings. The molecule has 2 aromatic heterocycles. The Hall–Kier alpha value is -1.83. The molecule has 2 heterocycles. The van der Waals surface area contributed by atoms with Crippen molar-refractivity contribution in [1.82, 2.24) is 19.8 Å². The van der Waals surface area contributed by atoms with Gasteiger partial charge in [0.15, 0.2) is 0 Å². The number of aromatic carboxylic acids is 1. The van der Waals surface area contributed by atoms with Crippen LogP contribution in [0.15, 0.2) is 10.6 Å². The summed E-state index contributed by atoms with van der Waals surface area (Å²) >= 11 is 1.05. The van der Waals surface area contributed by atoms with Crippen molar-refractivity contribution in [3.05, 3.63) is 12.1 Å². The second-order valence-corrected chi connectivity index (χ2v) is 2.78. The highest BCUT2D eigenvalue weighted by Crippen LogP contribution is 2.19. The molecule has 0 bridgehead atoms. The number of rotatable bonds is 2. The summed E-state index contributed by atoms with van der Waals surface area (Å²) in [5.74, 6) is -1.58. The standard InChI is InChI=1S/C5H2N4O3S/c10-5(11)4-8-7-3(12-4)2-1-6-9-13-2/h1H,(H,10,11). The van der Waals surface area contributed by atoms with Gasteiger partial charge in [-0.25, -0.2) is 4.79 Å². The third-order valence-electron chi connectivity index (χ3n) is 1.18. The molecule has 66 valence electrons. The van der Waals surface area contributed by atoms with Gasteiger partial charge in [0.2, 0.25) is 0 Å². The Morgan fingerprint density at radius 3 is 2.92 bits per heavy atom. The minimum absolute atomic E-state index is 0.118. The van der Waals surface area contributed by atoms with E-state index in [1.165, 1.54) is 6.20 Å². The zero-order valence-corrected chi connectivity index (χ0v) is 6.85. The van der Waals surface area contributed by atoms with Crippen LogP contribution in [0.1, 0.15) is 10.7 Å². The van der Waals surface area contributed by atoms with Crippen LogP contribution in [0.5, 0.6) is 0 Å². The SMILES string of the molecule is O=C(O)c1nnc(-c2cnns2)o1. The Morgan fingerprint density at radius 2 is 2.38 bits per heavy atom. The van der Waals surface area contributed by atoms with Crippen LogP contribution in [0.3, 0.4) is 0 Å². The Labute approximate surface area is 75.2 Å². The van der Waals surface area contributed by atoms with Crippen molar-refractivity contribution in [2.45, 2.75) is 0 Å². The van der Waals surface area contributed by atoms with Gasteiger partial charge >= 0.3 is 11.9 Å². The van der Waals surface area contributed by atoms with Crippen molar-refractivity contribution >= 4 is 17.5 Å². The summed E-state index contributed by atoms with van der Waals surface area (Å²) < 4.78 is 8.37. The molecule has 8 heteroatoms. The normalized spacial score (nSPS) is 10.2. The first-order valence-electron chi connectivity index (χ1n) is 3.12. The fraction of sp³-hybridized carbons (Fsp3) is 0. The lowest BCUT2D eigenvalue weighted by Crippen LogP contribution is -1.95. The average Bonchev–Trinajstić information content (AvgIpc) is 2.75. The highest BCUT2D eigenvalue weighted by Gasteiger charge is 2.15. The minimum atomic E-state index is -1.25. The lowest BCUT2D eigenvalue weighted by atomic mass is 10.6. The van der Waals surface area contributed by atoms with E-state index in [4.69, 9.17) is 9.52 Å². The quantitative estimate of drug-likeness (QED) is 0.739. The molecule has 0 unspecified atom stereocenters. The van der Waals surface area contributed by atoms with Gasteiger partial charge in [-0.3, -0.25) is 0 Å². The van der Waals surface area contributed by atoms with Crippen LogP contribution in [-0.4, -0.2) is 30.9 Å². The molecular weight excluding hydrogens is 196 g/mol. The van der Waals surface area contributed by atoms with Gasteiger partial charge in [-0.1, -0.05) is 4.49 Å². The summed E-state index contributed by atoms with van der Waals surface area (Å²) in [6.45, 7) is 0. The second-order valence-electron chi connectivity index (χ2n) is 2.00. The van der Waals surface area contributed by atoms with Crippen molar-refractivity contribution in [2.75, 3.05) is 0 Å². The third kappa shape index (κ3) is 1.38. The van der Waals surface area contributed by atoms with Crippen molar-refractivity contribution < 1.29 is 14.3 Å². The van der Waals surface area contributed by atoms with Crippen LogP contribution in [0.25, 0.3) is 10.8 Å². The molecule has 2 aromatic rings. The molecule has 0 saturated carbocycles. The van der Waals surface area contributed by atoms with Gasteiger partial charge in [0, 0.05) is 0 Å². The predicted octanol–water partition coefficient (Wildman–Crippen LogP) is 0.286. The molecule has 2 rings (SSSR count). The largest absolute Gasteiger partial charge is 0.474 e. The van der Waals surface area contributed by atoms with Gasteiger partial charge in [0.25, 0.3) is 5.89 Å². The van der Waals surface area contributed by atoms with E-state index in [9.17, 15) is 4.79 Å². The van der Waals surface area contributed by atoms with Crippen molar-refractivity contribution in [3.63, 3.8) is 0 Å². The number of hydrogen-bond acceptors (Lipinski definition) is 7. The zero-order chi connectivity index (χ0) is 9.26. The Kier molecular flexibility index (Phi) is 1.74. The fourth-order valence-electron chi connectivity index (χ4n) is 0.671. The lowest BCUT2D eigenvalue weighted by molar-refractivity contribution is 0.0654. The Balaban J connectivity index is 2.39. The number of carbonyl (C=O) groups is 1. The highest BCUT2D eigenvalue weighted by atomic mass is 32.1. The van der Waals surface area contributed by atoms with Gasteiger partial charge in [0.1, 0.15) is 4.88 Å². The van der Waals surface area contributed by atoms with E-state index in [1.54, 1.807) is 0 Å². The van der Waals surface area contributed by atoms with E-state index >= 15 is 0 Å². The van der Waals surface area contributed by atoms with Crippen molar-refractivity contribution in [2.24, 2.45) is 0 Å². The summed E-state index contributed by atoms with van der Waals surface area (Å²) in [4.78, 5) is 10.9. The van der Waals surface area contributed by atoms with Gasteiger partial charge in [0.05, 0.1) is 6.20 Å². The number of aromatic nitrogens is 4. The maximum absolute atomic E-state index is 10.4. The van der Waals surface area contributed by atoms with Crippen LogP contribution < -0.4 is 0 Å². The molecule has 7 nitrogen and oxygen atoms in total. The molecule has 0 radical (unpaired) electrons. The third-order valence-corrected chi connectivity index (χ3v) is 1.83. The van der Waals surface area contributed by atoms with Crippen LogP contribution in [0, 0.1) is 0 Å². The molecule has 13 heavy (non-hydrogen) atoms. The van der Waals surface area contributed by atoms with Crippen LogP contribution in [-0.2, 0) is 0 Å². The Morgan fingerprint density at radius 1 is 1.54 bits per heavy atom. The first-order valence-corrected chi connectivity index (χ1v) is 3.89. The topological polar surface area (TPSA) is 102 Å². The van der Waals surface area contributed by atoms with Gasteiger partial charge < -0.3 is 9.52 Å². The predicted molar refractivity (Wildman–Crippen MR) is 40.2 cm³/mol. The van der Waals surface area contributed by atoms with Gasteiger partial charge in [-0.2, -0.15) is 0 Å². The number of hydrogen-bond donors (Lipinski definition) is 1. The summed E-state index contributed by atoms with van der Waals surface area (Å²) in [5, 5.41) is 18.8. The maximum Gasteiger partial charge on any atom is 0.393 e. The second kappa shape index (κ2) is 2.90. The van der Waals surface area contributed by atoms with Crippen molar-refractivity contribution in [1.29, 1.82) is 0 Å². The molecule has 0 spiro atoms. The van der Waals surface area contributed by atoms with Crippen molar-refractivity contribution in [3.8, 4) is 10.8 Å². The minimum Gasteiger partial charge on any atom is -0.474 e. The van der Waals surface area contributed by atoms with Gasteiger partial charge in [-0.15, -0.1) is 15.3 Å². The van der Waals surface area contributed by atoms with E-state index in [0.717, 1.165) is 11.5 Å². The number of carboxylic acid groups (broad SMARTS) is 1. The van der Waals surface area contributed by atoms with E-state index in [2.05, 4.69) is 19.8 Å². The Bertz CT molecular complexity index is 423. The number of nitrogens with zero attached hydrogens (tertiary/aromatic N) is 4. The summed E-state index contributed by atoms with van der Waals surface area (Å²) in [6, 6.07) is 0. The first kappa shape index (κ1) is 7.80. The fourth-order valence-corrected chi connectivity index (χ4v) is 1.11. The van der Waals surface area contributed by atoms with Gasteiger partial charge in [-0.05, 0) is 11.5 Å². The smallest absolute Gasteiger partial charge is 0.393 e. The molecule has 0 aliphatic heterocycles. The monoisotopic (exact) mass is 198 g/mol. The molecular formula is C5H2N4O3S. The zero-order valence-electron chi connectivity index (χ0n) is 6.04. The maximum atomic E-state index is 10.4. The molecule has 0 aliphatic carbocycles. The molecule has 0 aliphatic rings. The highest BCUT2D eigenvalue weighted by molar-refractivity contribution is 7.09. The van der Waals surface area contributed by atoms with E-state index in [-0.39, 0.29) is 5.89 Å². The molecule has 0 saturated heterocycles. The molecule has 0 atom stereocenters. The lowest BCUT2D eigenvalue weighted by Gasteiger charge is -1.81. The average molecular weight is 198 g/mol. The van der Waals surface area contributed by atoms with Crippen LogP contribution in [0.4, 0.5) is 0 Å². The summed E-state index contributed by atoms with van der Waals surface area (Å²) in [7, 11) is 0. The van der Waals surface area contributed by atoms with Crippen LogP contribution in [0.2, 0.25) is 0 Å². The summed E-state index contributed by atoms with van der Waals surface area (Å²) in [5.41, 5.74) is 0. The molecule has 0 aromatic carbocycles. The van der Waals surface area contributed by atoms with E-state index in [1.807, 2.05) is 0 Å². The van der Waals surface area contributed by atoms with E-state index < -0.39 is 11.9 Å².